The third-order valence-electron chi connectivity index (χ3n) is 3.20. The second kappa shape index (κ2) is 3.77. The third-order valence-corrected chi connectivity index (χ3v) is 3.84. The molecule has 0 spiro atoms. The largest absolute Gasteiger partial charge is 0.457 e. The fourth-order valence-electron chi connectivity index (χ4n) is 2.42. The number of hydrogen-bond acceptors (Lipinski definition) is 3. The molecule has 0 bridgehead atoms. The van der Waals surface area contributed by atoms with E-state index in [1.54, 1.807) is 0 Å². The molecule has 0 amide bonds. The van der Waals surface area contributed by atoms with E-state index in [-0.39, 0.29) is 5.97 Å². The molecule has 3 rings (SSSR count). The van der Waals surface area contributed by atoms with Gasteiger partial charge in [-0.15, -0.1) is 0 Å². The van der Waals surface area contributed by atoms with Crippen molar-refractivity contribution in [3.63, 3.8) is 0 Å². The van der Waals surface area contributed by atoms with Crippen LogP contribution in [0.3, 0.4) is 0 Å². The number of rotatable bonds is 1. The summed E-state index contributed by atoms with van der Waals surface area (Å²) in [4.78, 5) is 14.0. The van der Waals surface area contributed by atoms with Gasteiger partial charge >= 0.3 is 5.97 Å². The Kier molecular flexibility index (Phi) is 2.39. The lowest BCUT2D eigenvalue weighted by Gasteiger charge is -2.21. The molecule has 1 aromatic rings. The summed E-state index contributed by atoms with van der Waals surface area (Å²) in [7, 11) is 0. The van der Waals surface area contributed by atoms with E-state index in [9.17, 15) is 4.79 Å². The molecular formula is C12H12BrNO2. The Morgan fingerprint density at radius 3 is 2.75 bits per heavy atom. The average Bonchev–Trinajstić information content (AvgIpc) is 2.89. The van der Waals surface area contributed by atoms with Crippen molar-refractivity contribution in [2.45, 2.75) is 19.4 Å². The van der Waals surface area contributed by atoms with Crippen LogP contribution in [0.25, 0.3) is 0 Å². The van der Waals surface area contributed by atoms with Crippen molar-refractivity contribution in [1.82, 2.24) is 0 Å². The van der Waals surface area contributed by atoms with Gasteiger partial charge in [0.2, 0.25) is 0 Å². The average molecular weight is 282 g/mol. The normalized spacial score (nSPS) is 18.8. The Balaban J connectivity index is 2.15. The van der Waals surface area contributed by atoms with Crippen LogP contribution in [0.15, 0.2) is 16.6 Å². The molecule has 0 aromatic heterocycles. The molecule has 0 radical (unpaired) electrons. The zero-order valence-corrected chi connectivity index (χ0v) is 10.4. The lowest BCUT2D eigenvalue weighted by atomic mass is 10.1. The summed E-state index contributed by atoms with van der Waals surface area (Å²) in [5, 5.41) is 0. The highest BCUT2D eigenvalue weighted by Crippen LogP contribution is 2.37. The Labute approximate surface area is 103 Å². The first-order valence-corrected chi connectivity index (χ1v) is 6.30. The van der Waals surface area contributed by atoms with Crippen LogP contribution in [-0.2, 0) is 11.3 Å². The second-order valence-electron chi connectivity index (χ2n) is 4.20. The number of nitrogens with zero attached hydrogens (tertiary/aromatic N) is 1. The first kappa shape index (κ1) is 10.1. The minimum Gasteiger partial charge on any atom is -0.457 e. The van der Waals surface area contributed by atoms with E-state index in [0.29, 0.717) is 6.61 Å². The Bertz CT molecular complexity index is 453. The Morgan fingerprint density at radius 2 is 2.00 bits per heavy atom. The van der Waals surface area contributed by atoms with E-state index in [1.807, 2.05) is 12.1 Å². The predicted octanol–water partition coefficient (Wildman–Crippen LogP) is 2.72. The third kappa shape index (κ3) is 1.44. The van der Waals surface area contributed by atoms with Crippen LogP contribution in [0.2, 0.25) is 0 Å². The number of fused-ring (bicyclic) bond motifs is 1. The molecule has 2 aliphatic heterocycles. The highest BCUT2D eigenvalue weighted by molar-refractivity contribution is 9.10. The smallest absolute Gasteiger partial charge is 0.341 e. The molecule has 2 aliphatic rings. The number of benzene rings is 1. The van der Waals surface area contributed by atoms with Crippen molar-refractivity contribution < 1.29 is 9.53 Å². The number of ether oxygens (including phenoxy) is 1. The minimum absolute atomic E-state index is 0.182. The molecule has 0 aliphatic carbocycles. The molecule has 0 N–H and O–H groups in total. The summed E-state index contributed by atoms with van der Waals surface area (Å²) >= 11 is 3.54. The van der Waals surface area contributed by atoms with E-state index in [2.05, 4.69) is 20.8 Å². The number of carbonyl (C=O) groups excluding carboxylic acids is 1. The summed E-state index contributed by atoms with van der Waals surface area (Å²) in [6.45, 7) is 2.48. The van der Waals surface area contributed by atoms with Crippen LogP contribution in [0.4, 0.5) is 5.69 Å². The molecule has 84 valence electrons. The van der Waals surface area contributed by atoms with Gasteiger partial charge in [-0.3, -0.25) is 0 Å². The molecular weight excluding hydrogens is 270 g/mol. The molecule has 3 nitrogen and oxygen atoms in total. The van der Waals surface area contributed by atoms with Gasteiger partial charge in [0.25, 0.3) is 0 Å². The lowest BCUT2D eigenvalue weighted by Crippen LogP contribution is -2.20. The van der Waals surface area contributed by atoms with Crippen LogP contribution in [-0.4, -0.2) is 19.1 Å². The quantitative estimate of drug-likeness (QED) is 0.742. The van der Waals surface area contributed by atoms with Gasteiger partial charge in [-0.25, -0.2) is 4.79 Å². The molecule has 1 saturated heterocycles. The molecule has 4 heteroatoms. The summed E-state index contributed by atoms with van der Waals surface area (Å²) in [6.07, 6.45) is 2.40. The van der Waals surface area contributed by atoms with Gasteiger partial charge < -0.3 is 9.64 Å². The first-order valence-electron chi connectivity index (χ1n) is 5.51. The van der Waals surface area contributed by atoms with Crippen molar-refractivity contribution in [2.24, 2.45) is 0 Å². The maximum atomic E-state index is 11.7. The lowest BCUT2D eigenvalue weighted by molar-refractivity contribution is 0.0535. The minimum atomic E-state index is -0.182. The zero-order chi connectivity index (χ0) is 11.1. The first-order chi connectivity index (χ1) is 7.77. The highest BCUT2D eigenvalue weighted by atomic mass is 79.9. The maximum Gasteiger partial charge on any atom is 0.341 e. The monoisotopic (exact) mass is 281 g/mol. The van der Waals surface area contributed by atoms with Crippen molar-refractivity contribution in [3.8, 4) is 0 Å². The van der Waals surface area contributed by atoms with E-state index in [4.69, 9.17) is 4.74 Å². The molecule has 0 unspecified atom stereocenters. The van der Waals surface area contributed by atoms with E-state index < -0.39 is 0 Å². The molecule has 1 aromatic carbocycles. The number of cyclic esters (lactones) is 1. The van der Waals surface area contributed by atoms with Crippen LogP contribution < -0.4 is 4.90 Å². The van der Waals surface area contributed by atoms with Crippen LogP contribution in [0.5, 0.6) is 0 Å². The predicted molar refractivity (Wildman–Crippen MR) is 64.7 cm³/mol. The van der Waals surface area contributed by atoms with E-state index in [1.165, 1.54) is 12.8 Å². The van der Waals surface area contributed by atoms with Crippen LogP contribution in [0, 0.1) is 0 Å². The van der Waals surface area contributed by atoms with E-state index in [0.717, 1.165) is 34.4 Å². The number of carbonyl (C=O) groups is 1. The number of esters is 1. The fraction of sp³-hybridized carbons (Fsp3) is 0.417. The number of hydrogen-bond donors (Lipinski definition) is 0. The van der Waals surface area contributed by atoms with Gasteiger partial charge in [0.15, 0.2) is 0 Å². The van der Waals surface area contributed by atoms with Crippen molar-refractivity contribution >= 4 is 27.6 Å². The molecule has 0 atom stereocenters. The highest BCUT2D eigenvalue weighted by Gasteiger charge is 2.29. The SMILES string of the molecule is O=C1OCc2ccc(Br)c(N3CCCC3)c21. The number of halogens is 1. The molecule has 0 saturated carbocycles. The Hall–Kier alpha value is -1.03. The van der Waals surface area contributed by atoms with Crippen LogP contribution >= 0.6 is 15.9 Å². The summed E-state index contributed by atoms with van der Waals surface area (Å²) in [5.41, 5.74) is 2.80. The van der Waals surface area contributed by atoms with Crippen molar-refractivity contribution in [2.75, 3.05) is 18.0 Å². The molecule has 1 fully saturated rings. The van der Waals surface area contributed by atoms with Crippen molar-refractivity contribution in [3.05, 3.63) is 27.7 Å². The van der Waals surface area contributed by atoms with Gasteiger partial charge in [-0.1, -0.05) is 6.07 Å². The van der Waals surface area contributed by atoms with Gasteiger partial charge in [0.05, 0.1) is 11.3 Å². The fourth-order valence-corrected chi connectivity index (χ4v) is 3.00. The van der Waals surface area contributed by atoms with Crippen LogP contribution in [0.1, 0.15) is 28.8 Å². The van der Waals surface area contributed by atoms with Gasteiger partial charge in [0.1, 0.15) is 6.61 Å². The summed E-state index contributed by atoms with van der Waals surface area (Å²) < 4.78 is 6.08. The van der Waals surface area contributed by atoms with Gasteiger partial charge in [-0.2, -0.15) is 0 Å². The topological polar surface area (TPSA) is 29.5 Å². The van der Waals surface area contributed by atoms with Gasteiger partial charge in [0, 0.05) is 23.1 Å². The van der Waals surface area contributed by atoms with Gasteiger partial charge in [-0.05, 0) is 34.8 Å². The van der Waals surface area contributed by atoms with Crippen molar-refractivity contribution in [1.29, 1.82) is 0 Å². The molecule has 16 heavy (non-hydrogen) atoms. The standard InChI is InChI=1S/C12H12BrNO2/c13-9-4-3-8-7-16-12(15)10(8)11(9)14-5-1-2-6-14/h3-4H,1-2,5-7H2. The Morgan fingerprint density at radius 1 is 1.25 bits per heavy atom. The number of anilines is 1. The summed E-state index contributed by atoms with van der Waals surface area (Å²) in [6, 6.07) is 3.97. The maximum absolute atomic E-state index is 11.7. The van der Waals surface area contributed by atoms with E-state index >= 15 is 0 Å². The second-order valence-corrected chi connectivity index (χ2v) is 5.05. The molecule has 2 heterocycles. The zero-order valence-electron chi connectivity index (χ0n) is 8.83. The summed E-state index contributed by atoms with van der Waals surface area (Å²) in [5.74, 6) is -0.182.